The Balaban J connectivity index is 1.67. The fourth-order valence-corrected chi connectivity index (χ4v) is 2.37. The van der Waals surface area contributed by atoms with Gasteiger partial charge in [-0.05, 0) is 36.9 Å². The van der Waals surface area contributed by atoms with Crippen molar-refractivity contribution >= 4 is 11.6 Å². The van der Waals surface area contributed by atoms with Crippen LogP contribution in [-0.2, 0) is 11.3 Å². The first-order chi connectivity index (χ1) is 12.5. The molecule has 0 spiro atoms. The molecule has 0 bridgehead atoms. The van der Waals surface area contributed by atoms with Crippen LogP contribution in [-0.4, -0.2) is 51.6 Å². The van der Waals surface area contributed by atoms with Gasteiger partial charge in [0.15, 0.2) is 11.6 Å². The molecule has 0 atom stereocenters. The largest absolute Gasteiger partial charge is 0.489 e. The summed E-state index contributed by atoms with van der Waals surface area (Å²) < 4.78 is 18.8. The van der Waals surface area contributed by atoms with E-state index < -0.39 is 0 Å². The highest BCUT2D eigenvalue weighted by Gasteiger charge is 2.08. The summed E-state index contributed by atoms with van der Waals surface area (Å²) in [6.45, 7) is 1.60. The minimum atomic E-state index is -0.381. The summed E-state index contributed by atoms with van der Waals surface area (Å²) >= 11 is 0. The van der Waals surface area contributed by atoms with E-state index in [4.69, 9.17) is 4.74 Å². The third kappa shape index (κ3) is 6.37. The number of halogens is 1. The third-order valence-corrected chi connectivity index (χ3v) is 3.92. The van der Waals surface area contributed by atoms with Crippen molar-refractivity contribution < 1.29 is 13.9 Å². The lowest BCUT2D eigenvalue weighted by Crippen LogP contribution is -2.36. The van der Waals surface area contributed by atoms with Crippen LogP contribution in [0.5, 0.6) is 5.75 Å². The van der Waals surface area contributed by atoms with Crippen molar-refractivity contribution in [1.29, 1.82) is 0 Å². The van der Waals surface area contributed by atoms with E-state index in [9.17, 15) is 9.18 Å². The molecule has 1 N–H and O–H groups in total. The average Bonchev–Trinajstić information content (AvgIpc) is 2.62. The molecular formula is C20H26FN3O2. The number of hydrogen-bond donors (Lipinski definition) is 1. The molecule has 0 aliphatic heterocycles. The summed E-state index contributed by atoms with van der Waals surface area (Å²) in [5.74, 6) is -0.213. The van der Waals surface area contributed by atoms with Crippen LogP contribution >= 0.6 is 0 Å². The molecule has 140 valence electrons. The Morgan fingerprint density at radius 3 is 2.42 bits per heavy atom. The number of nitrogens with zero attached hydrogens (tertiary/aromatic N) is 2. The molecule has 2 rings (SSSR count). The van der Waals surface area contributed by atoms with Gasteiger partial charge in [-0.1, -0.05) is 24.3 Å². The van der Waals surface area contributed by atoms with E-state index in [2.05, 4.69) is 5.32 Å². The fraction of sp³-hybridized carbons (Fsp3) is 0.350. The van der Waals surface area contributed by atoms with Gasteiger partial charge in [0.25, 0.3) is 0 Å². The van der Waals surface area contributed by atoms with Crippen molar-refractivity contribution in [3.63, 3.8) is 0 Å². The lowest BCUT2D eigenvalue weighted by atomic mass is 10.2. The molecule has 2 aromatic carbocycles. The van der Waals surface area contributed by atoms with Crippen LogP contribution in [0.2, 0.25) is 0 Å². The standard InChI is InChI=1S/C20H26FN3O2/c1-23(2)17-10-8-16(9-11-17)14-22-20(25)15-24(3)12-13-26-19-7-5-4-6-18(19)21/h4-11H,12-15H2,1-3H3,(H,22,25). The maximum absolute atomic E-state index is 13.4. The van der Waals surface area contributed by atoms with Crippen molar-refractivity contribution in [3.8, 4) is 5.75 Å². The summed E-state index contributed by atoms with van der Waals surface area (Å²) in [6.07, 6.45) is 0. The van der Waals surface area contributed by atoms with Crippen molar-refractivity contribution in [2.45, 2.75) is 6.54 Å². The number of rotatable bonds is 9. The van der Waals surface area contributed by atoms with Crippen molar-refractivity contribution in [2.24, 2.45) is 0 Å². The first-order valence-electron chi connectivity index (χ1n) is 8.54. The highest BCUT2D eigenvalue weighted by molar-refractivity contribution is 5.77. The SMILES string of the molecule is CN(CCOc1ccccc1F)CC(=O)NCc1ccc(N(C)C)cc1. The van der Waals surface area contributed by atoms with Gasteiger partial charge >= 0.3 is 0 Å². The van der Waals surface area contributed by atoms with Gasteiger partial charge in [-0.25, -0.2) is 4.39 Å². The number of carbonyl (C=O) groups excluding carboxylic acids is 1. The van der Waals surface area contributed by atoms with Gasteiger partial charge in [-0.2, -0.15) is 0 Å². The summed E-state index contributed by atoms with van der Waals surface area (Å²) in [5, 5.41) is 2.90. The van der Waals surface area contributed by atoms with Crippen molar-refractivity contribution in [3.05, 3.63) is 59.9 Å². The Morgan fingerprint density at radius 1 is 1.08 bits per heavy atom. The van der Waals surface area contributed by atoms with Crippen LogP contribution < -0.4 is 15.0 Å². The zero-order chi connectivity index (χ0) is 18.9. The Hall–Kier alpha value is -2.60. The van der Waals surface area contributed by atoms with Gasteiger partial charge < -0.3 is 15.0 Å². The van der Waals surface area contributed by atoms with E-state index in [1.165, 1.54) is 6.07 Å². The second-order valence-corrected chi connectivity index (χ2v) is 6.35. The third-order valence-electron chi connectivity index (χ3n) is 3.92. The molecule has 0 aliphatic rings. The minimum Gasteiger partial charge on any atom is -0.489 e. The molecule has 6 heteroatoms. The van der Waals surface area contributed by atoms with Crippen LogP contribution in [0.4, 0.5) is 10.1 Å². The summed E-state index contributed by atoms with van der Waals surface area (Å²) in [6, 6.07) is 14.3. The average molecular weight is 359 g/mol. The monoisotopic (exact) mass is 359 g/mol. The second-order valence-electron chi connectivity index (χ2n) is 6.35. The molecule has 0 aliphatic carbocycles. The normalized spacial score (nSPS) is 10.7. The van der Waals surface area contributed by atoms with Crippen LogP contribution in [0.15, 0.2) is 48.5 Å². The fourth-order valence-electron chi connectivity index (χ4n) is 2.37. The zero-order valence-corrected chi connectivity index (χ0v) is 15.5. The highest BCUT2D eigenvalue weighted by Crippen LogP contribution is 2.15. The molecule has 2 aromatic rings. The Bertz CT molecular complexity index is 704. The number of ether oxygens (including phenoxy) is 1. The number of amides is 1. The van der Waals surface area contributed by atoms with E-state index in [0.717, 1.165) is 11.3 Å². The summed E-state index contributed by atoms with van der Waals surface area (Å²) in [5.41, 5.74) is 2.17. The number of carbonyl (C=O) groups is 1. The smallest absolute Gasteiger partial charge is 0.234 e. The van der Waals surface area contributed by atoms with Gasteiger partial charge in [-0.3, -0.25) is 9.69 Å². The number of anilines is 1. The Kier molecular flexibility index (Phi) is 7.41. The molecule has 0 heterocycles. The molecule has 26 heavy (non-hydrogen) atoms. The van der Waals surface area contributed by atoms with Crippen LogP contribution in [0.1, 0.15) is 5.56 Å². The first-order valence-corrected chi connectivity index (χ1v) is 8.54. The molecule has 0 fully saturated rings. The summed E-state index contributed by atoms with van der Waals surface area (Å²) in [7, 11) is 5.81. The molecule has 0 saturated heterocycles. The minimum absolute atomic E-state index is 0.0601. The zero-order valence-electron chi connectivity index (χ0n) is 15.5. The molecular weight excluding hydrogens is 333 g/mol. The van der Waals surface area contributed by atoms with E-state index in [0.29, 0.717) is 19.7 Å². The van der Waals surface area contributed by atoms with Crippen molar-refractivity contribution in [2.75, 3.05) is 45.7 Å². The lowest BCUT2D eigenvalue weighted by molar-refractivity contribution is -0.122. The molecule has 5 nitrogen and oxygen atoms in total. The summed E-state index contributed by atoms with van der Waals surface area (Å²) in [4.78, 5) is 15.9. The number of likely N-dealkylation sites (N-methyl/N-ethyl adjacent to an activating group) is 1. The molecule has 0 aromatic heterocycles. The molecule has 0 saturated carbocycles. The Morgan fingerprint density at radius 2 is 1.77 bits per heavy atom. The van der Waals surface area contributed by atoms with E-state index >= 15 is 0 Å². The van der Waals surface area contributed by atoms with Gasteiger partial charge in [0.1, 0.15) is 6.61 Å². The highest BCUT2D eigenvalue weighted by atomic mass is 19.1. The van der Waals surface area contributed by atoms with Gasteiger partial charge in [0.2, 0.25) is 5.91 Å². The number of nitrogens with one attached hydrogen (secondary N) is 1. The number of hydrogen-bond acceptors (Lipinski definition) is 4. The van der Waals surface area contributed by atoms with Crippen LogP contribution in [0.25, 0.3) is 0 Å². The molecule has 0 radical (unpaired) electrons. The van der Waals surface area contributed by atoms with E-state index in [-0.39, 0.29) is 24.0 Å². The van der Waals surface area contributed by atoms with Gasteiger partial charge in [0.05, 0.1) is 6.54 Å². The van der Waals surface area contributed by atoms with Gasteiger partial charge in [0, 0.05) is 32.9 Å². The van der Waals surface area contributed by atoms with Crippen molar-refractivity contribution in [1.82, 2.24) is 10.2 Å². The van der Waals surface area contributed by atoms with E-state index in [1.54, 1.807) is 18.2 Å². The predicted molar refractivity (Wildman–Crippen MR) is 102 cm³/mol. The van der Waals surface area contributed by atoms with Crippen LogP contribution in [0, 0.1) is 5.82 Å². The maximum Gasteiger partial charge on any atom is 0.234 e. The van der Waals surface area contributed by atoms with Gasteiger partial charge in [-0.15, -0.1) is 0 Å². The second kappa shape index (κ2) is 9.77. The topological polar surface area (TPSA) is 44.8 Å². The first kappa shape index (κ1) is 19.7. The Labute approximate surface area is 154 Å². The van der Waals surface area contributed by atoms with Crippen LogP contribution in [0.3, 0.4) is 0 Å². The molecule has 1 amide bonds. The molecule has 0 unspecified atom stereocenters. The number of benzene rings is 2. The predicted octanol–water partition coefficient (Wildman–Crippen LogP) is 2.52. The quantitative estimate of drug-likeness (QED) is 0.747. The maximum atomic E-state index is 13.4. The van der Waals surface area contributed by atoms with E-state index in [1.807, 2.05) is 55.2 Å². The lowest BCUT2D eigenvalue weighted by Gasteiger charge is -2.17. The number of para-hydroxylation sites is 1.